The van der Waals surface area contributed by atoms with E-state index in [0.29, 0.717) is 44.3 Å². The van der Waals surface area contributed by atoms with Crippen LogP contribution in [0.2, 0.25) is 0 Å². The summed E-state index contributed by atoms with van der Waals surface area (Å²) in [4.78, 5) is 50.4. The summed E-state index contributed by atoms with van der Waals surface area (Å²) >= 11 is 3.60. The molecule has 5 heterocycles. The molecular weight excluding hydrogens is 632 g/mol. The predicted molar refractivity (Wildman–Crippen MR) is 164 cm³/mol. The first kappa shape index (κ1) is 29.9. The number of aromatic amines is 1. The Bertz CT molecular complexity index is 1620. The molecule has 3 fully saturated rings. The Morgan fingerprint density at radius 3 is 2.73 bits per heavy atom. The third-order valence-electron chi connectivity index (χ3n) is 10.3. The van der Waals surface area contributed by atoms with Crippen LogP contribution >= 0.6 is 15.9 Å². The Hall–Kier alpha value is -2.80. The number of carbonyl (C=O) groups is 3. The number of piperazine rings is 1. The second-order valence-corrected chi connectivity index (χ2v) is 14.6. The molecule has 0 unspecified atom stereocenters. The molecule has 1 aromatic heterocycles. The highest BCUT2D eigenvalue weighted by molar-refractivity contribution is 9.10. The van der Waals surface area contributed by atoms with Gasteiger partial charge < -0.3 is 20.3 Å². The smallest absolute Gasteiger partial charge is 0.281 e. The number of amides is 3. The minimum atomic E-state index is -2.06. The van der Waals surface area contributed by atoms with Crippen molar-refractivity contribution in [3.05, 3.63) is 39.8 Å². The third-order valence-corrected chi connectivity index (χ3v) is 11.0. The fraction of sp³-hybridized carbons (Fsp3) is 0.594. The SMILES string of the molecule is CC(C)C[C@H]1C(=O)N2CCC[C@H]2[C@]2(O)O[C@](NC(=O)[C@@H]3C=C4c5c([18F])ccc6[nH]c(Br)c(c56)C[C@H]4N(C)C3)(C(C)C)C(=O)N12. The van der Waals surface area contributed by atoms with Crippen molar-refractivity contribution >= 4 is 50.1 Å². The van der Waals surface area contributed by atoms with Crippen LogP contribution in [0.3, 0.4) is 0 Å². The number of likely N-dealkylation sites (N-methyl/N-ethyl adjacent to an activating group) is 1. The fourth-order valence-electron chi connectivity index (χ4n) is 8.18. The average molecular weight is 672 g/mol. The number of H-pyrrole nitrogens is 1. The van der Waals surface area contributed by atoms with Gasteiger partial charge in [-0.25, -0.2) is 4.39 Å². The minimum Gasteiger partial charge on any atom is -0.349 e. The van der Waals surface area contributed by atoms with E-state index in [1.807, 2.05) is 31.9 Å². The second kappa shape index (κ2) is 10.1. The molecule has 3 N–H and O–H groups in total. The number of fused-ring (bicyclic) bond motifs is 5. The number of hydrogen-bond donors (Lipinski definition) is 3. The van der Waals surface area contributed by atoms with E-state index in [4.69, 9.17) is 4.74 Å². The summed E-state index contributed by atoms with van der Waals surface area (Å²) in [5.41, 5.74) is 1.15. The van der Waals surface area contributed by atoms with Crippen LogP contribution in [0.1, 0.15) is 58.1 Å². The van der Waals surface area contributed by atoms with Crippen molar-refractivity contribution < 1.29 is 28.6 Å². The van der Waals surface area contributed by atoms with Crippen molar-refractivity contribution in [3.8, 4) is 0 Å². The third kappa shape index (κ3) is 4.03. The first-order chi connectivity index (χ1) is 20.8. The van der Waals surface area contributed by atoms with Gasteiger partial charge in [-0.1, -0.05) is 33.8 Å². The number of rotatable bonds is 5. The number of carbonyl (C=O) groups excluding carboxylic acids is 3. The summed E-state index contributed by atoms with van der Waals surface area (Å²) in [5.74, 6) is -4.90. The molecule has 1 aliphatic carbocycles. The number of ether oxygens (including phenoxy) is 1. The average Bonchev–Trinajstić information content (AvgIpc) is 3.64. The number of nitrogens with zero attached hydrogens (tertiary/aromatic N) is 3. The summed E-state index contributed by atoms with van der Waals surface area (Å²) in [6.07, 6.45) is 4.00. The van der Waals surface area contributed by atoms with Crippen molar-refractivity contribution in [3.63, 3.8) is 0 Å². The van der Waals surface area contributed by atoms with E-state index < -0.39 is 47.4 Å². The van der Waals surface area contributed by atoms with E-state index in [9.17, 15) is 19.5 Å². The van der Waals surface area contributed by atoms with Gasteiger partial charge in [0.15, 0.2) is 0 Å². The first-order valence-electron chi connectivity index (χ1n) is 15.6. The van der Waals surface area contributed by atoms with E-state index in [0.717, 1.165) is 26.6 Å². The van der Waals surface area contributed by atoms with Crippen molar-refractivity contribution in [2.24, 2.45) is 17.8 Å². The number of nitrogens with one attached hydrogen (secondary N) is 2. The Morgan fingerprint density at radius 1 is 1.27 bits per heavy atom. The van der Waals surface area contributed by atoms with Crippen LogP contribution < -0.4 is 5.32 Å². The molecule has 6 atom stereocenters. The summed E-state index contributed by atoms with van der Waals surface area (Å²) < 4.78 is 22.7. The molecule has 44 heavy (non-hydrogen) atoms. The molecule has 1 aromatic carbocycles. The van der Waals surface area contributed by atoms with Crippen LogP contribution in [0.5, 0.6) is 0 Å². The molecule has 10 nitrogen and oxygen atoms in total. The molecule has 0 saturated carbocycles. The van der Waals surface area contributed by atoms with Crippen molar-refractivity contribution in [1.29, 1.82) is 0 Å². The number of aliphatic hydroxyl groups is 1. The van der Waals surface area contributed by atoms with Gasteiger partial charge in [-0.2, -0.15) is 0 Å². The van der Waals surface area contributed by atoms with Crippen LogP contribution in [0, 0.1) is 23.6 Å². The fourth-order valence-corrected chi connectivity index (χ4v) is 8.76. The maximum atomic E-state index is 15.5. The van der Waals surface area contributed by atoms with Gasteiger partial charge in [0.1, 0.15) is 17.9 Å². The van der Waals surface area contributed by atoms with Crippen molar-refractivity contribution in [2.45, 2.75) is 83.1 Å². The van der Waals surface area contributed by atoms with Gasteiger partial charge >= 0.3 is 0 Å². The quantitative estimate of drug-likeness (QED) is 0.449. The molecule has 236 valence electrons. The number of benzene rings is 1. The van der Waals surface area contributed by atoms with E-state index in [-0.39, 0.29) is 23.7 Å². The molecule has 5 aliphatic rings. The van der Waals surface area contributed by atoms with Gasteiger partial charge in [0.05, 0.1) is 10.5 Å². The summed E-state index contributed by atoms with van der Waals surface area (Å²) in [6.45, 7) is 8.27. The second-order valence-electron chi connectivity index (χ2n) is 13.8. The Morgan fingerprint density at radius 2 is 2.02 bits per heavy atom. The highest BCUT2D eigenvalue weighted by Gasteiger charge is 2.72. The Kier molecular flexibility index (Phi) is 6.86. The summed E-state index contributed by atoms with van der Waals surface area (Å²) in [6, 6.07) is 1.41. The molecular formula is C32H39BrFN5O5. The Labute approximate surface area is 264 Å². The van der Waals surface area contributed by atoms with Gasteiger partial charge in [0, 0.05) is 41.5 Å². The molecule has 7 rings (SSSR count). The molecule has 0 bridgehead atoms. The lowest BCUT2D eigenvalue weighted by Crippen LogP contribution is -2.71. The first-order valence-corrected chi connectivity index (χ1v) is 16.4. The van der Waals surface area contributed by atoms with Crippen LogP contribution in [0.25, 0.3) is 16.5 Å². The van der Waals surface area contributed by atoms with E-state index in [1.165, 1.54) is 11.0 Å². The number of halogens is 2. The molecule has 3 saturated heterocycles. The van der Waals surface area contributed by atoms with Gasteiger partial charge in [-0.05, 0) is 77.8 Å². The maximum Gasteiger partial charge on any atom is 0.281 e. The zero-order chi connectivity index (χ0) is 31.5. The van der Waals surface area contributed by atoms with Crippen molar-refractivity contribution in [2.75, 3.05) is 20.1 Å². The topological polar surface area (TPSA) is 118 Å². The van der Waals surface area contributed by atoms with E-state index in [1.54, 1.807) is 24.8 Å². The minimum absolute atomic E-state index is 0.0719. The zero-order valence-electron chi connectivity index (χ0n) is 25.6. The highest BCUT2D eigenvalue weighted by Crippen LogP contribution is 2.49. The summed E-state index contributed by atoms with van der Waals surface area (Å²) in [5, 5.41) is 15.9. The van der Waals surface area contributed by atoms with E-state index >= 15 is 4.39 Å². The Balaban J connectivity index is 1.26. The molecule has 0 radical (unpaired) electrons. The van der Waals surface area contributed by atoms with Crippen molar-refractivity contribution in [1.82, 2.24) is 25.0 Å². The highest BCUT2D eigenvalue weighted by atomic mass is 79.9. The monoisotopic (exact) mass is 670 g/mol. The summed E-state index contributed by atoms with van der Waals surface area (Å²) in [7, 11) is 1.91. The lowest BCUT2D eigenvalue weighted by atomic mass is 9.79. The largest absolute Gasteiger partial charge is 0.349 e. The molecule has 4 aliphatic heterocycles. The van der Waals surface area contributed by atoms with Crippen LogP contribution in [-0.2, 0) is 25.5 Å². The zero-order valence-corrected chi connectivity index (χ0v) is 27.2. The molecule has 12 heteroatoms. The lowest BCUT2D eigenvalue weighted by molar-refractivity contribution is -0.322. The van der Waals surface area contributed by atoms with Gasteiger partial charge in [-0.15, -0.1) is 0 Å². The van der Waals surface area contributed by atoms with Gasteiger partial charge in [-0.3, -0.25) is 28.9 Å². The normalized spacial score (nSPS) is 33.3. The molecule has 3 amide bonds. The number of aromatic nitrogens is 1. The predicted octanol–water partition coefficient (Wildman–Crippen LogP) is 3.33. The van der Waals surface area contributed by atoms with Gasteiger partial charge in [0.2, 0.25) is 17.5 Å². The van der Waals surface area contributed by atoms with E-state index in [2.05, 4.69) is 26.2 Å². The molecule has 0 spiro atoms. The van der Waals surface area contributed by atoms with Crippen LogP contribution in [-0.4, -0.2) is 92.4 Å². The maximum absolute atomic E-state index is 15.5. The lowest BCUT2D eigenvalue weighted by Gasteiger charge is -2.49. The van der Waals surface area contributed by atoms with Crippen LogP contribution in [0.15, 0.2) is 22.8 Å². The van der Waals surface area contributed by atoms with Gasteiger partial charge in [0.25, 0.3) is 11.8 Å². The molecule has 2 aromatic rings. The van der Waals surface area contributed by atoms with Crippen LogP contribution in [0.4, 0.5) is 4.39 Å². The number of hydrogen-bond acceptors (Lipinski definition) is 6. The standard InChI is InChI=1S/C32H39BrFN5O5/c1-15(2)11-23-29(41)38-10-6-7-24(38)32(43)39(23)30(42)31(44-32,16(3)4)36-28(40)17-12-18-22(37(5)14-17)13-19-26-21(35-27(19)33)9-8-20(34)25(18)26/h8-9,12,15-17,22-24,35,43H,6-7,10-11,13-14H2,1-5H3,(H,36,40)/t17-,22-,23+,24+,31-,32+/m1/s1/i34-1.